The molecule has 0 bridgehead atoms. The SMILES string of the molecule is CSC1CCCC(NCC2Cc3cc(Br)ccc3O2)C1. The van der Waals surface area contributed by atoms with Crippen molar-refractivity contribution in [2.24, 2.45) is 0 Å². The minimum absolute atomic E-state index is 0.300. The minimum atomic E-state index is 0.300. The van der Waals surface area contributed by atoms with Crippen LogP contribution in [0.15, 0.2) is 22.7 Å². The number of thioether (sulfide) groups is 1. The van der Waals surface area contributed by atoms with Crippen molar-refractivity contribution in [3.8, 4) is 5.75 Å². The molecule has 1 aromatic rings. The third kappa shape index (κ3) is 3.52. The Morgan fingerprint density at radius 3 is 3.15 bits per heavy atom. The molecule has 20 heavy (non-hydrogen) atoms. The molecule has 3 atom stereocenters. The van der Waals surface area contributed by atoms with E-state index in [1.807, 2.05) is 11.8 Å². The van der Waals surface area contributed by atoms with Crippen molar-refractivity contribution in [3.05, 3.63) is 28.2 Å². The maximum absolute atomic E-state index is 6.02. The molecule has 1 saturated carbocycles. The summed E-state index contributed by atoms with van der Waals surface area (Å²) in [4.78, 5) is 0. The molecule has 110 valence electrons. The van der Waals surface area contributed by atoms with E-state index >= 15 is 0 Å². The number of fused-ring (bicyclic) bond motifs is 1. The summed E-state index contributed by atoms with van der Waals surface area (Å²) in [5.41, 5.74) is 1.33. The first kappa shape index (κ1) is 14.7. The van der Waals surface area contributed by atoms with E-state index in [0.29, 0.717) is 12.1 Å². The van der Waals surface area contributed by atoms with Crippen LogP contribution in [-0.2, 0) is 6.42 Å². The van der Waals surface area contributed by atoms with Gasteiger partial charge in [0.15, 0.2) is 0 Å². The Morgan fingerprint density at radius 2 is 2.30 bits per heavy atom. The van der Waals surface area contributed by atoms with Crippen molar-refractivity contribution in [1.82, 2.24) is 5.32 Å². The van der Waals surface area contributed by atoms with E-state index in [1.165, 1.54) is 31.2 Å². The standard InChI is InChI=1S/C16H22BrNOS/c1-20-15-4-2-3-13(9-15)18-10-14-8-11-7-12(17)5-6-16(11)19-14/h5-7,13-15,18H,2-4,8-10H2,1H3. The molecule has 1 N–H and O–H groups in total. The summed E-state index contributed by atoms with van der Waals surface area (Å²) in [7, 11) is 0. The van der Waals surface area contributed by atoms with Crippen molar-refractivity contribution in [2.75, 3.05) is 12.8 Å². The highest BCUT2D eigenvalue weighted by Gasteiger charge is 2.25. The summed E-state index contributed by atoms with van der Waals surface area (Å²) in [5.74, 6) is 1.06. The van der Waals surface area contributed by atoms with Gasteiger partial charge in [0.05, 0.1) is 0 Å². The van der Waals surface area contributed by atoms with E-state index in [-0.39, 0.29) is 0 Å². The lowest BCUT2D eigenvalue weighted by Crippen LogP contribution is -2.40. The molecule has 0 saturated heterocycles. The molecule has 2 nitrogen and oxygen atoms in total. The summed E-state index contributed by atoms with van der Waals surface area (Å²) in [5, 5.41) is 4.57. The van der Waals surface area contributed by atoms with Gasteiger partial charge in [0.1, 0.15) is 11.9 Å². The van der Waals surface area contributed by atoms with Crippen LogP contribution in [-0.4, -0.2) is 30.2 Å². The second-order valence-corrected chi connectivity index (χ2v) is 7.88. The second kappa shape index (κ2) is 6.71. The molecule has 2 aliphatic rings. The third-order valence-corrected chi connectivity index (χ3v) is 5.95. The Hall–Kier alpha value is -0.190. The van der Waals surface area contributed by atoms with Gasteiger partial charge in [-0.15, -0.1) is 0 Å². The number of hydrogen-bond donors (Lipinski definition) is 1. The van der Waals surface area contributed by atoms with Gasteiger partial charge < -0.3 is 10.1 Å². The zero-order valence-electron chi connectivity index (χ0n) is 11.9. The fourth-order valence-electron chi connectivity index (χ4n) is 3.25. The van der Waals surface area contributed by atoms with Crippen LogP contribution < -0.4 is 10.1 Å². The van der Waals surface area contributed by atoms with Crippen molar-refractivity contribution >= 4 is 27.7 Å². The monoisotopic (exact) mass is 355 g/mol. The Labute approximate surface area is 134 Å². The van der Waals surface area contributed by atoms with Crippen LogP contribution in [0.3, 0.4) is 0 Å². The molecule has 1 heterocycles. The first-order valence-corrected chi connectivity index (χ1v) is 9.54. The van der Waals surface area contributed by atoms with Crippen LogP contribution in [0.5, 0.6) is 5.75 Å². The second-order valence-electron chi connectivity index (χ2n) is 5.83. The summed E-state index contributed by atoms with van der Waals surface area (Å²) in [6.45, 7) is 0.970. The minimum Gasteiger partial charge on any atom is -0.488 e. The summed E-state index contributed by atoms with van der Waals surface area (Å²) in [6.07, 6.45) is 8.95. The van der Waals surface area contributed by atoms with E-state index in [0.717, 1.165) is 28.4 Å². The predicted molar refractivity (Wildman–Crippen MR) is 89.8 cm³/mol. The lowest BCUT2D eigenvalue weighted by molar-refractivity contribution is 0.215. The number of benzene rings is 1. The van der Waals surface area contributed by atoms with Gasteiger partial charge in [-0.1, -0.05) is 22.4 Å². The molecule has 3 unspecified atom stereocenters. The Morgan fingerprint density at radius 1 is 1.40 bits per heavy atom. The molecule has 0 spiro atoms. The molecule has 1 fully saturated rings. The molecular formula is C16H22BrNOS. The predicted octanol–water partition coefficient (Wildman–Crippen LogP) is 4.02. The van der Waals surface area contributed by atoms with Crippen LogP contribution >= 0.6 is 27.7 Å². The maximum Gasteiger partial charge on any atom is 0.123 e. The van der Waals surface area contributed by atoms with Crippen LogP contribution in [0, 0.1) is 0 Å². The molecule has 0 aromatic heterocycles. The molecular weight excluding hydrogens is 334 g/mol. The van der Waals surface area contributed by atoms with Gasteiger partial charge in [0, 0.05) is 28.7 Å². The third-order valence-electron chi connectivity index (χ3n) is 4.36. The van der Waals surface area contributed by atoms with Crippen molar-refractivity contribution in [1.29, 1.82) is 0 Å². The maximum atomic E-state index is 6.02. The zero-order valence-corrected chi connectivity index (χ0v) is 14.3. The van der Waals surface area contributed by atoms with Crippen LogP contribution in [0.1, 0.15) is 31.2 Å². The van der Waals surface area contributed by atoms with Gasteiger partial charge in [0.2, 0.25) is 0 Å². The molecule has 0 amide bonds. The van der Waals surface area contributed by atoms with Gasteiger partial charge >= 0.3 is 0 Å². The smallest absolute Gasteiger partial charge is 0.123 e. The van der Waals surface area contributed by atoms with E-state index in [1.54, 1.807) is 0 Å². The molecule has 4 heteroatoms. The van der Waals surface area contributed by atoms with Crippen LogP contribution in [0.2, 0.25) is 0 Å². The molecule has 0 radical (unpaired) electrons. The van der Waals surface area contributed by atoms with Crippen LogP contribution in [0.25, 0.3) is 0 Å². The van der Waals surface area contributed by atoms with Crippen molar-refractivity contribution < 1.29 is 4.74 Å². The summed E-state index contributed by atoms with van der Waals surface area (Å²) in [6, 6.07) is 6.99. The van der Waals surface area contributed by atoms with Gasteiger partial charge in [-0.25, -0.2) is 0 Å². The Kier molecular flexibility index (Phi) is 4.95. The fourth-order valence-corrected chi connectivity index (χ4v) is 4.48. The quantitative estimate of drug-likeness (QED) is 0.881. The number of hydrogen-bond acceptors (Lipinski definition) is 3. The van der Waals surface area contributed by atoms with Gasteiger partial charge in [0.25, 0.3) is 0 Å². The normalized spacial score (nSPS) is 29.0. The topological polar surface area (TPSA) is 21.3 Å². The van der Waals surface area contributed by atoms with E-state index < -0.39 is 0 Å². The average molecular weight is 356 g/mol. The number of nitrogens with one attached hydrogen (secondary N) is 1. The summed E-state index contributed by atoms with van der Waals surface area (Å²) < 4.78 is 7.16. The van der Waals surface area contributed by atoms with Gasteiger partial charge in [-0.05, 0) is 49.3 Å². The number of halogens is 1. The van der Waals surface area contributed by atoms with Crippen molar-refractivity contribution in [3.63, 3.8) is 0 Å². The molecule has 3 rings (SSSR count). The fraction of sp³-hybridized carbons (Fsp3) is 0.625. The average Bonchev–Trinajstić information content (AvgIpc) is 2.87. The van der Waals surface area contributed by atoms with Gasteiger partial charge in [-0.2, -0.15) is 11.8 Å². The molecule has 1 aliphatic carbocycles. The first-order chi connectivity index (χ1) is 9.74. The summed E-state index contributed by atoms with van der Waals surface area (Å²) >= 11 is 5.55. The van der Waals surface area contributed by atoms with E-state index in [4.69, 9.17) is 4.74 Å². The largest absolute Gasteiger partial charge is 0.488 e. The Bertz CT molecular complexity index is 468. The number of ether oxygens (including phenoxy) is 1. The van der Waals surface area contributed by atoms with Crippen LogP contribution in [0.4, 0.5) is 0 Å². The Balaban J connectivity index is 1.49. The zero-order chi connectivity index (χ0) is 13.9. The first-order valence-electron chi connectivity index (χ1n) is 7.46. The number of rotatable bonds is 4. The van der Waals surface area contributed by atoms with Gasteiger partial charge in [-0.3, -0.25) is 0 Å². The molecule has 1 aromatic carbocycles. The lowest BCUT2D eigenvalue weighted by atomic mass is 9.95. The van der Waals surface area contributed by atoms with E-state index in [2.05, 4.69) is 45.7 Å². The van der Waals surface area contributed by atoms with E-state index in [9.17, 15) is 0 Å². The highest BCUT2D eigenvalue weighted by Crippen LogP contribution is 2.31. The van der Waals surface area contributed by atoms with Crippen molar-refractivity contribution in [2.45, 2.75) is 49.5 Å². The lowest BCUT2D eigenvalue weighted by Gasteiger charge is -2.29. The highest BCUT2D eigenvalue weighted by molar-refractivity contribution is 9.10. The molecule has 1 aliphatic heterocycles. The highest BCUT2D eigenvalue weighted by atomic mass is 79.9.